The highest BCUT2D eigenvalue weighted by Gasteiger charge is 2.13. The molecule has 0 aromatic heterocycles. The van der Waals surface area contributed by atoms with Crippen LogP contribution in [0.4, 0.5) is 11.4 Å². The lowest BCUT2D eigenvalue weighted by atomic mass is 10.3. The topological polar surface area (TPSA) is 133 Å². The molecule has 0 amide bonds. The number of nitrogens with two attached hydrogens (primary N) is 1. The Kier molecular flexibility index (Phi) is 3.29. The summed E-state index contributed by atoms with van der Waals surface area (Å²) in [5.74, 6) is 0. The smallest absolute Gasteiger partial charge is 0.296 e. The van der Waals surface area contributed by atoms with Gasteiger partial charge in [0.2, 0.25) is 0 Å². The highest BCUT2D eigenvalue weighted by Crippen LogP contribution is 2.22. The van der Waals surface area contributed by atoms with Crippen LogP contribution in [0.3, 0.4) is 0 Å². The molecular weight excluding hydrogens is 244 g/mol. The molecule has 0 spiro atoms. The Morgan fingerprint density at radius 2 is 2.07 bits per heavy atom. The average Bonchev–Trinajstić information content (AvgIpc) is 1.99. The second-order valence-corrected chi connectivity index (χ2v) is 4.63. The summed E-state index contributed by atoms with van der Waals surface area (Å²) >= 11 is -2.52. The van der Waals surface area contributed by atoms with Gasteiger partial charge in [-0.05, 0) is 18.2 Å². The van der Waals surface area contributed by atoms with Crippen molar-refractivity contribution in [2.45, 2.75) is 4.90 Å². The summed E-state index contributed by atoms with van der Waals surface area (Å²) in [7, 11) is -4.39. The van der Waals surface area contributed by atoms with Gasteiger partial charge in [0, 0.05) is 17.0 Å². The van der Waals surface area contributed by atoms with Crippen molar-refractivity contribution in [2.24, 2.45) is 0 Å². The Hall–Kier alpha value is -1.16. The van der Waals surface area contributed by atoms with Crippen molar-refractivity contribution in [1.82, 2.24) is 0 Å². The van der Waals surface area contributed by atoms with Crippen LogP contribution in [-0.4, -0.2) is 21.7 Å². The number of hydrogen-bond donors (Lipinski definition) is 3. The molecule has 9 heteroatoms. The second kappa shape index (κ2) is 4.14. The predicted octanol–water partition coefficient (Wildman–Crippen LogP) is -0.279. The van der Waals surface area contributed by atoms with Gasteiger partial charge in [-0.25, -0.2) is 0 Å². The molecule has 1 aromatic carbocycles. The maximum absolute atomic E-state index is 10.7. The number of benzene rings is 1. The van der Waals surface area contributed by atoms with E-state index in [4.69, 9.17) is 10.3 Å². The lowest BCUT2D eigenvalue weighted by Gasteiger charge is -2.10. The molecule has 0 aliphatic carbocycles. The van der Waals surface area contributed by atoms with Crippen LogP contribution in [0, 0.1) is 0 Å². The van der Waals surface area contributed by atoms with E-state index in [1.807, 2.05) is 4.72 Å². The summed E-state index contributed by atoms with van der Waals surface area (Å²) in [5, 5.41) is 0. The molecule has 0 heterocycles. The van der Waals surface area contributed by atoms with Gasteiger partial charge in [-0.15, -0.1) is 0 Å². The third-order valence-electron chi connectivity index (χ3n) is 1.49. The fraction of sp³-hybridized carbons (Fsp3) is 0. The lowest BCUT2D eigenvalue weighted by Crippen LogP contribution is -2.06. The van der Waals surface area contributed by atoms with Crippen LogP contribution in [0.1, 0.15) is 0 Å². The van der Waals surface area contributed by atoms with Gasteiger partial charge < -0.3 is 15.0 Å². The monoisotopic (exact) mass is 251 g/mol. The fourth-order valence-electron chi connectivity index (χ4n) is 0.943. The van der Waals surface area contributed by atoms with Gasteiger partial charge in [-0.1, -0.05) is 0 Å². The van der Waals surface area contributed by atoms with Crippen molar-refractivity contribution in [3.8, 4) is 0 Å². The Morgan fingerprint density at radius 3 is 2.47 bits per heavy atom. The molecule has 1 aromatic rings. The summed E-state index contributed by atoms with van der Waals surface area (Å²) in [4.78, 5) is -0.468. The van der Waals surface area contributed by atoms with Crippen LogP contribution in [0.25, 0.3) is 0 Å². The summed E-state index contributed by atoms with van der Waals surface area (Å²) in [6.45, 7) is 0. The first-order valence-electron chi connectivity index (χ1n) is 3.53. The van der Waals surface area contributed by atoms with Crippen molar-refractivity contribution in [2.75, 3.05) is 10.5 Å². The molecule has 0 radical (unpaired) electrons. The minimum Gasteiger partial charge on any atom is -0.755 e. The number of anilines is 2. The first-order chi connectivity index (χ1) is 6.80. The maximum atomic E-state index is 10.7. The summed E-state index contributed by atoms with van der Waals surface area (Å²) < 4.78 is 52.6. The Bertz CT molecular complexity index is 498. The molecular formula is C6H7N2O5S2-. The van der Waals surface area contributed by atoms with Crippen LogP contribution in [0.15, 0.2) is 23.1 Å². The van der Waals surface area contributed by atoms with E-state index >= 15 is 0 Å². The third kappa shape index (κ3) is 3.16. The molecule has 0 bridgehead atoms. The molecule has 0 saturated heterocycles. The number of rotatable bonds is 3. The minimum atomic E-state index is -4.39. The Labute approximate surface area is 88.5 Å². The van der Waals surface area contributed by atoms with E-state index in [0.29, 0.717) is 0 Å². The first-order valence-corrected chi connectivity index (χ1v) is 6.05. The zero-order chi connectivity index (χ0) is 11.6. The zero-order valence-electron chi connectivity index (χ0n) is 7.21. The van der Waals surface area contributed by atoms with Crippen molar-refractivity contribution in [1.29, 1.82) is 0 Å². The van der Waals surface area contributed by atoms with Crippen LogP contribution < -0.4 is 10.5 Å². The van der Waals surface area contributed by atoms with Crippen molar-refractivity contribution >= 4 is 32.8 Å². The number of hydrogen-bond acceptors (Lipinski definition) is 5. The molecule has 0 saturated carbocycles. The summed E-state index contributed by atoms with van der Waals surface area (Å²) in [6.07, 6.45) is 0. The van der Waals surface area contributed by atoms with E-state index in [-0.39, 0.29) is 11.4 Å². The van der Waals surface area contributed by atoms with Crippen LogP contribution in [0.5, 0.6) is 0 Å². The second-order valence-electron chi connectivity index (χ2n) is 2.56. The van der Waals surface area contributed by atoms with Crippen LogP contribution >= 0.6 is 0 Å². The molecule has 1 rings (SSSR count). The van der Waals surface area contributed by atoms with Gasteiger partial charge in [-0.2, -0.15) is 8.42 Å². The lowest BCUT2D eigenvalue weighted by molar-refractivity contribution is 0.483. The highest BCUT2D eigenvalue weighted by atomic mass is 32.2. The van der Waals surface area contributed by atoms with Gasteiger partial charge in [0.25, 0.3) is 10.1 Å². The SMILES string of the molecule is Nc1cc(NS(=O)[O-])ccc1S(=O)(=O)O. The van der Waals surface area contributed by atoms with Gasteiger partial charge in [0.1, 0.15) is 4.90 Å². The Morgan fingerprint density at radius 1 is 1.47 bits per heavy atom. The molecule has 84 valence electrons. The van der Waals surface area contributed by atoms with Gasteiger partial charge in [-0.3, -0.25) is 8.76 Å². The van der Waals surface area contributed by atoms with Crippen LogP contribution in [-0.2, 0) is 21.4 Å². The quantitative estimate of drug-likeness (QED) is 0.384. The molecule has 0 aliphatic rings. The molecule has 0 aliphatic heterocycles. The largest absolute Gasteiger partial charge is 0.755 e. The molecule has 0 fully saturated rings. The van der Waals surface area contributed by atoms with Gasteiger partial charge in [0.05, 0.1) is 5.69 Å². The third-order valence-corrected chi connectivity index (χ3v) is 2.82. The molecule has 4 N–H and O–H groups in total. The van der Waals surface area contributed by atoms with E-state index in [1.54, 1.807) is 0 Å². The number of nitrogens with one attached hydrogen (secondary N) is 1. The van der Waals surface area contributed by atoms with E-state index in [1.165, 1.54) is 0 Å². The van der Waals surface area contributed by atoms with Crippen molar-refractivity contribution < 1.29 is 21.7 Å². The molecule has 1 atom stereocenters. The summed E-state index contributed by atoms with van der Waals surface area (Å²) in [5.41, 5.74) is 5.17. The van der Waals surface area contributed by atoms with Gasteiger partial charge >= 0.3 is 0 Å². The van der Waals surface area contributed by atoms with Crippen molar-refractivity contribution in [3.63, 3.8) is 0 Å². The van der Waals surface area contributed by atoms with E-state index in [2.05, 4.69) is 0 Å². The fourth-order valence-corrected chi connectivity index (χ4v) is 1.86. The molecule has 1 unspecified atom stereocenters. The van der Waals surface area contributed by atoms with E-state index in [0.717, 1.165) is 18.2 Å². The number of nitrogen functional groups attached to an aromatic ring is 1. The van der Waals surface area contributed by atoms with Crippen molar-refractivity contribution in [3.05, 3.63) is 18.2 Å². The van der Waals surface area contributed by atoms with E-state index < -0.39 is 26.3 Å². The standard InChI is InChI=1S/C6H8N2O5S2/c7-5-3-4(8-14(9)10)1-2-6(5)15(11,12)13/h1-3,8H,7H2,(H,9,10)(H,11,12,13)/p-1. The molecule has 7 nitrogen and oxygen atoms in total. The Balaban J connectivity index is 3.15. The highest BCUT2D eigenvalue weighted by molar-refractivity contribution is 7.86. The van der Waals surface area contributed by atoms with E-state index in [9.17, 15) is 17.2 Å². The maximum Gasteiger partial charge on any atom is 0.296 e. The van der Waals surface area contributed by atoms with Gasteiger partial charge in [0.15, 0.2) is 0 Å². The molecule has 15 heavy (non-hydrogen) atoms. The average molecular weight is 251 g/mol. The van der Waals surface area contributed by atoms with Crippen LogP contribution in [0.2, 0.25) is 0 Å². The zero-order valence-corrected chi connectivity index (χ0v) is 8.84. The normalized spacial score (nSPS) is 13.5. The predicted molar refractivity (Wildman–Crippen MR) is 53.2 cm³/mol. The first kappa shape index (κ1) is 11.9. The minimum absolute atomic E-state index is 0.105. The summed E-state index contributed by atoms with van der Waals surface area (Å²) in [6, 6.07) is 3.24.